The maximum absolute atomic E-state index is 12.4. The molecule has 0 saturated carbocycles. The van der Waals surface area contributed by atoms with Crippen LogP contribution in [0.25, 0.3) is 0 Å². The number of likely N-dealkylation sites (tertiary alicyclic amines) is 1. The van der Waals surface area contributed by atoms with Gasteiger partial charge in [0.15, 0.2) is 0 Å². The first-order valence-corrected chi connectivity index (χ1v) is 6.78. The molecule has 18 heavy (non-hydrogen) atoms. The average molecular weight is 264 g/mol. The second-order valence-electron chi connectivity index (χ2n) is 4.99. The van der Waals surface area contributed by atoms with Crippen molar-refractivity contribution in [2.45, 2.75) is 23.8 Å². The van der Waals surface area contributed by atoms with E-state index >= 15 is 0 Å². The van der Waals surface area contributed by atoms with E-state index in [0.717, 1.165) is 30.8 Å². The number of carbonyl (C=O) groups is 1. The van der Waals surface area contributed by atoms with Gasteiger partial charge in [-0.1, -0.05) is 12.1 Å². The molecule has 0 bridgehead atoms. The van der Waals surface area contributed by atoms with Gasteiger partial charge in [0.2, 0.25) is 0 Å². The molecule has 4 heteroatoms. The lowest BCUT2D eigenvalue weighted by Gasteiger charge is -2.36. The van der Waals surface area contributed by atoms with Crippen molar-refractivity contribution >= 4 is 18.5 Å². The summed E-state index contributed by atoms with van der Waals surface area (Å²) >= 11 is 4.36. The molecule has 0 aliphatic carbocycles. The molecule has 1 saturated heterocycles. The minimum Gasteiger partial charge on any atom is -0.337 e. The number of carbonyl (C=O) groups excluding carboxylic acids is 1. The third kappa shape index (κ3) is 2.87. The Bertz CT molecular complexity index is 436. The Kier molecular flexibility index (Phi) is 4.30. The summed E-state index contributed by atoms with van der Waals surface area (Å²) in [7, 11) is 4.00. The quantitative estimate of drug-likeness (QED) is 0.827. The van der Waals surface area contributed by atoms with Crippen molar-refractivity contribution in [1.82, 2.24) is 9.80 Å². The van der Waals surface area contributed by atoms with Gasteiger partial charge in [0.25, 0.3) is 5.91 Å². The highest BCUT2D eigenvalue weighted by atomic mass is 32.1. The summed E-state index contributed by atoms with van der Waals surface area (Å²) in [5.41, 5.74) is 0.691. The number of hydrogen-bond donors (Lipinski definition) is 1. The van der Waals surface area contributed by atoms with Gasteiger partial charge in [-0.2, -0.15) is 0 Å². The maximum Gasteiger partial charge on any atom is 0.255 e. The van der Waals surface area contributed by atoms with E-state index in [4.69, 9.17) is 0 Å². The smallest absolute Gasteiger partial charge is 0.255 e. The highest BCUT2D eigenvalue weighted by Crippen LogP contribution is 2.19. The minimum absolute atomic E-state index is 0.0703. The van der Waals surface area contributed by atoms with Crippen LogP contribution in [-0.4, -0.2) is 48.9 Å². The van der Waals surface area contributed by atoms with Crippen LogP contribution in [0, 0.1) is 0 Å². The normalized spacial score (nSPS) is 20.7. The molecule has 1 atom stereocenters. The van der Waals surface area contributed by atoms with Gasteiger partial charge in [0.05, 0.1) is 5.56 Å². The van der Waals surface area contributed by atoms with Gasteiger partial charge in [-0.15, -0.1) is 12.6 Å². The van der Waals surface area contributed by atoms with Crippen molar-refractivity contribution in [3.05, 3.63) is 29.8 Å². The molecule has 1 aliphatic rings. The third-order valence-electron chi connectivity index (χ3n) is 3.60. The molecular formula is C14H20N2OS. The summed E-state index contributed by atoms with van der Waals surface area (Å²) in [5.74, 6) is 0.0703. The van der Waals surface area contributed by atoms with Crippen LogP contribution >= 0.6 is 12.6 Å². The predicted molar refractivity (Wildman–Crippen MR) is 76.3 cm³/mol. The summed E-state index contributed by atoms with van der Waals surface area (Å²) in [6.45, 7) is 2.08. The van der Waals surface area contributed by atoms with Crippen molar-refractivity contribution < 1.29 is 4.79 Å². The van der Waals surface area contributed by atoms with Gasteiger partial charge in [0.1, 0.15) is 0 Å². The van der Waals surface area contributed by atoms with Crippen molar-refractivity contribution in [2.75, 3.05) is 27.2 Å². The lowest BCUT2D eigenvalue weighted by molar-refractivity contribution is 0.0640. The third-order valence-corrected chi connectivity index (χ3v) is 3.99. The monoisotopic (exact) mass is 264 g/mol. The summed E-state index contributed by atoms with van der Waals surface area (Å²) in [4.78, 5) is 17.3. The molecule has 0 aromatic heterocycles. The maximum atomic E-state index is 12.4. The molecule has 1 fully saturated rings. The molecule has 0 spiro atoms. The molecule has 98 valence electrons. The number of benzene rings is 1. The molecule has 1 aromatic rings. The van der Waals surface area contributed by atoms with Gasteiger partial charge in [-0.05, 0) is 38.6 Å². The minimum atomic E-state index is 0.0703. The summed E-state index contributed by atoms with van der Waals surface area (Å²) in [6.07, 6.45) is 2.24. The number of amides is 1. The molecule has 1 heterocycles. The molecular weight excluding hydrogens is 244 g/mol. The van der Waals surface area contributed by atoms with Crippen molar-refractivity contribution in [1.29, 1.82) is 0 Å². The van der Waals surface area contributed by atoms with Gasteiger partial charge < -0.3 is 9.80 Å². The first-order chi connectivity index (χ1) is 8.59. The lowest BCUT2D eigenvalue weighted by atomic mass is 10.0. The molecule has 0 radical (unpaired) electrons. The van der Waals surface area contributed by atoms with E-state index in [-0.39, 0.29) is 5.91 Å². The molecule has 1 aromatic carbocycles. The molecule has 3 nitrogen and oxygen atoms in total. The fraction of sp³-hybridized carbons (Fsp3) is 0.500. The highest BCUT2D eigenvalue weighted by Gasteiger charge is 2.25. The Balaban J connectivity index is 2.11. The Morgan fingerprint density at radius 1 is 1.44 bits per heavy atom. The number of rotatable bonds is 2. The number of nitrogens with zero attached hydrogens (tertiary/aromatic N) is 2. The van der Waals surface area contributed by atoms with E-state index in [1.54, 1.807) is 0 Å². The Labute approximate surface area is 114 Å². The van der Waals surface area contributed by atoms with Crippen molar-refractivity contribution in [2.24, 2.45) is 0 Å². The lowest BCUT2D eigenvalue weighted by Crippen LogP contribution is -2.47. The van der Waals surface area contributed by atoms with Gasteiger partial charge >= 0.3 is 0 Å². The van der Waals surface area contributed by atoms with Crippen LogP contribution in [0.1, 0.15) is 23.2 Å². The van der Waals surface area contributed by atoms with Crippen LogP contribution < -0.4 is 0 Å². The van der Waals surface area contributed by atoms with Crippen LogP contribution in [0.2, 0.25) is 0 Å². The van der Waals surface area contributed by atoms with Crippen LogP contribution in [0.3, 0.4) is 0 Å². The van der Waals surface area contributed by atoms with E-state index in [9.17, 15) is 4.79 Å². The number of thiol groups is 1. The number of likely N-dealkylation sites (N-methyl/N-ethyl adjacent to an activating group) is 2. The standard InChI is InChI=1S/C14H20N2OS/c1-15-9-5-6-11(10-15)16(2)14(17)12-7-3-4-8-13(12)18/h3-4,7-8,11,18H,5-6,9-10H2,1-2H3. The fourth-order valence-corrected chi connectivity index (χ4v) is 2.72. The molecule has 1 amide bonds. The zero-order chi connectivity index (χ0) is 13.1. The SMILES string of the molecule is CN1CCCC(N(C)C(=O)c2ccccc2S)C1. The summed E-state index contributed by atoms with van der Waals surface area (Å²) in [5, 5.41) is 0. The second kappa shape index (κ2) is 5.76. The average Bonchev–Trinajstić information content (AvgIpc) is 2.37. The van der Waals surface area contributed by atoms with Gasteiger partial charge in [-0.25, -0.2) is 0 Å². The van der Waals surface area contributed by atoms with E-state index < -0.39 is 0 Å². The zero-order valence-electron chi connectivity index (χ0n) is 11.0. The Hall–Kier alpha value is -1.00. The van der Waals surface area contributed by atoms with Crippen LogP contribution in [0.4, 0.5) is 0 Å². The van der Waals surface area contributed by atoms with E-state index in [1.165, 1.54) is 0 Å². The van der Waals surface area contributed by atoms with Crippen molar-refractivity contribution in [3.63, 3.8) is 0 Å². The predicted octanol–water partition coefficient (Wildman–Crippen LogP) is 2.14. The molecule has 2 rings (SSSR count). The fourth-order valence-electron chi connectivity index (χ4n) is 2.47. The van der Waals surface area contributed by atoms with E-state index in [0.29, 0.717) is 11.6 Å². The van der Waals surface area contributed by atoms with Crippen LogP contribution in [-0.2, 0) is 0 Å². The largest absolute Gasteiger partial charge is 0.337 e. The Morgan fingerprint density at radius 3 is 2.83 bits per heavy atom. The summed E-state index contributed by atoms with van der Waals surface area (Å²) in [6, 6.07) is 7.79. The first-order valence-electron chi connectivity index (χ1n) is 6.33. The highest BCUT2D eigenvalue weighted by molar-refractivity contribution is 7.80. The van der Waals surface area contributed by atoms with E-state index in [1.807, 2.05) is 36.2 Å². The number of hydrogen-bond acceptors (Lipinski definition) is 3. The molecule has 1 unspecified atom stereocenters. The van der Waals surface area contributed by atoms with Crippen LogP contribution in [0.15, 0.2) is 29.2 Å². The van der Waals surface area contributed by atoms with Crippen LogP contribution in [0.5, 0.6) is 0 Å². The topological polar surface area (TPSA) is 23.6 Å². The second-order valence-corrected chi connectivity index (χ2v) is 5.47. The number of piperidine rings is 1. The zero-order valence-corrected chi connectivity index (χ0v) is 11.9. The molecule has 1 aliphatic heterocycles. The van der Waals surface area contributed by atoms with Gasteiger partial charge in [-0.3, -0.25) is 4.79 Å². The summed E-state index contributed by atoms with van der Waals surface area (Å²) < 4.78 is 0. The molecule has 0 N–H and O–H groups in total. The first kappa shape index (κ1) is 13.4. The Morgan fingerprint density at radius 2 is 2.17 bits per heavy atom. The van der Waals surface area contributed by atoms with Gasteiger partial charge in [0, 0.05) is 24.5 Å². The van der Waals surface area contributed by atoms with E-state index in [2.05, 4.69) is 24.6 Å². The van der Waals surface area contributed by atoms with Crippen molar-refractivity contribution in [3.8, 4) is 0 Å².